The predicted octanol–water partition coefficient (Wildman–Crippen LogP) is 13.1. The van der Waals surface area contributed by atoms with Crippen molar-refractivity contribution in [3.8, 4) is 0 Å². The van der Waals surface area contributed by atoms with E-state index in [1.165, 1.54) is 212 Å². The summed E-state index contributed by atoms with van der Waals surface area (Å²) in [5.74, 6) is 0. The van der Waals surface area contributed by atoms with Crippen molar-refractivity contribution < 1.29 is 0 Å². The maximum atomic E-state index is 2.71. The number of hydrogen-bond acceptors (Lipinski definition) is 1. The number of rotatable bonds is 33. The minimum absolute atomic E-state index is 1.25. The van der Waals surface area contributed by atoms with Crippen LogP contribution in [-0.2, 0) is 0 Å². The van der Waals surface area contributed by atoms with Crippen LogP contribution in [0, 0.1) is 0 Å². The Labute approximate surface area is 237 Å². The lowest BCUT2D eigenvalue weighted by Crippen LogP contribution is -2.25. The Morgan fingerprint density at radius 1 is 0.243 bits per heavy atom. The molecule has 0 unspecified atom stereocenters. The van der Waals surface area contributed by atoms with Crippen molar-refractivity contribution in [3.05, 3.63) is 0 Å². The number of nitrogens with zero attached hydrogens (tertiary/aromatic N) is 1. The molecule has 0 amide bonds. The molecule has 0 saturated carbocycles. The number of hydrogen-bond donors (Lipinski definition) is 0. The van der Waals surface area contributed by atoms with E-state index in [0.29, 0.717) is 0 Å². The monoisotopic (exact) mass is 522 g/mol. The molecule has 0 bridgehead atoms. The van der Waals surface area contributed by atoms with Crippen LogP contribution in [0.25, 0.3) is 0 Å². The molecule has 0 aromatic heterocycles. The first-order valence-electron chi connectivity index (χ1n) is 18.1. The molecule has 0 heterocycles. The first kappa shape index (κ1) is 37.0. The van der Waals surface area contributed by atoms with Crippen molar-refractivity contribution in [2.45, 2.75) is 213 Å². The van der Waals surface area contributed by atoms with Gasteiger partial charge in [0, 0.05) is 0 Å². The number of unbranched alkanes of at least 4 members (excludes halogenated alkanes) is 28. The van der Waals surface area contributed by atoms with Crippen LogP contribution in [0.4, 0.5) is 0 Å². The van der Waals surface area contributed by atoms with E-state index >= 15 is 0 Å². The van der Waals surface area contributed by atoms with Crippen LogP contribution in [0.1, 0.15) is 213 Å². The Kier molecular flexibility index (Phi) is 34.0. The van der Waals surface area contributed by atoms with Gasteiger partial charge < -0.3 is 4.90 Å². The Morgan fingerprint density at radius 3 is 0.622 bits per heavy atom. The Bertz CT molecular complexity index is 379. The lowest BCUT2D eigenvalue weighted by Gasteiger charge is -2.20. The largest absolute Gasteiger partial charge is 0.304 e. The highest BCUT2D eigenvalue weighted by Gasteiger charge is 2.02. The lowest BCUT2D eigenvalue weighted by molar-refractivity contribution is 0.273. The fourth-order valence-corrected chi connectivity index (χ4v) is 5.84. The SMILES string of the molecule is CCCCCCCCCCCCCCCCCCCCCCN(CC)CCCCCCCCCCCC. The van der Waals surface area contributed by atoms with Gasteiger partial charge in [0.1, 0.15) is 0 Å². The Hall–Kier alpha value is -0.0400. The maximum absolute atomic E-state index is 2.71. The standard InChI is InChI=1S/C36H75N/c1-4-7-9-11-13-15-17-18-19-20-21-22-23-24-25-26-28-30-32-34-36-37(6-3)35-33-31-29-27-16-14-12-10-8-5-2/h4-36H2,1-3H3. The van der Waals surface area contributed by atoms with Gasteiger partial charge in [-0.15, -0.1) is 0 Å². The van der Waals surface area contributed by atoms with Gasteiger partial charge in [-0.25, -0.2) is 0 Å². The molecule has 0 saturated heterocycles. The van der Waals surface area contributed by atoms with E-state index in [1.807, 2.05) is 0 Å². The lowest BCUT2D eigenvalue weighted by atomic mass is 10.0. The van der Waals surface area contributed by atoms with Crippen LogP contribution in [0.15, 0.2) is 0 Å². The van der Waals surface area contributed by atoms with Crippen molar-refractivity contribution in [3.63, 3.8) is 0 Å². The summed E-state index contributed by atoms with van der Waals surface area (Å²) in [5.41, 5.74) is 0. The van der Waals surface area contributed by atoms with Gasteiger partial charge >= 0.3 is 0 Å². The third-order valence-electron chi connectivity index (χ3n) is 8.60. The van der Waals surface area contributed by atoms with E-state index in [2.05, 4.69) is 25.7 Å². The molecule has 224 valence electrons. The molecule has 0 aromatic rings. The molecule has 1 nitrogen and oxygen atoms in total. The van der Waals surface area contributed by atoms with Gasteiger partial charge in [0.15, 0.2) is 0 Å². The highest BCUT2D eigenvalue weighted by Crippen LogP contribution is 2.15. The first-order valence-corrected chi connectivity index (χ1v) is 18.1. The average molecular weight is 522 g/mol. The van der Waals surface area contributed by atoms with Gasteiger partial charge in [-0.1, -0.05) is 201 Å². The van der Waals surface area contributed by atoms with E-state index in [0.717, 1.165) is 0 Å². The Morgan fingerprint density at radius 2 is 0.432 bits per heavy atom. The predicted molar refractivity (Wildman–Crippen MR) is 172 cm³/mol. The van der Waals surface area contributed by atoms with E-state index in [-0.39, 0.29) is 0 Å². The van der Waals surface area contributed by atoms with Crippen LogP contribution in [0.5, 0.6) is 0 Å². The molecular formula is C36H75N. The molecular weight excluding hydrogens is 446 g/mol. The van der Waals surface area contributed by atoms with Crippen molar-refractivity contribution in [2.75, 3.05) is 19.6 Å². The second-order valence-corrected chi connectivity index (χ2v) is 12.3. The molecule has 37 heavy (non-hydrogen) atoms. The average Bonchev–Trinajstić information content (AvgIpc) is 2.91. The molecule has 0 spiro atoms. The minimum Gasteiger partial charge on any atom is -0.304 e. The maximum Gasteiger partial charge on any atom is -0.00189 e. The van der Waals surface area contributed by atoms with Gasteiger partial charge in [-0.05, 0) is 32.5 Å². The summed E-state index contributed by atoms with van der Waals surface area (Å²) in [6, 6.07) is 0. The summed E-state index contributed by atoms with van der Waals surface area (Å²) in [5, 5.41) is 0. The smallest absolute Gasteiger partial charge is 0.00189 e. The van der Waals surface area contributed by atoms with Gasteiger partial charge in [-0.3, -0.25) is 0 Å². The van der Waals surface area contributed by atoms with Crippen LogP contribution in [0.3, 0.4) is 0 Å². The van der Waals surface area contributed by atoms with Gasteiger partial charge in [0.05, 0.1) is 0 Å². The molecule has 0 rings (SSSR count). The summed E-state index contributed by atoms with van der Waals surface area (Å²) in [6.45, 7) is 10.9. The Balaban J connectivity index is 3.22. The van der Waals surface area contributed by atoms with Gasteiger partial charge in [0.2, 0.25) is 0 Å². The molecule has 0 aliphatic carbocycles. The third kappa shape index (κ3) is 32.1. The zero-order chi connectivity index (χ0) is 26.9. The highest BCUT2D eigenvalue weighted by atomic mass is 15.1. The third-order valence-corrected chi connectivity index (χ3v) is 8.60. The van der Waals surface area contributed by atoms with Crippen LogP contribution in [0.2, 0.25) is 0 Å². The molecule has 0 fully saturated rings. The van der Waals surface area contributed by atoms with E-state index in [9.17, 15) is 0 Å². The van der Waals surface area contributed by atoms with Gasteiger partial charge in [0.25, 0.3) is 0 Å². The van der Waals surface area contributed by atoms with Crippen molar-refractivity contribution in [2.24, 2.45) is 0 Å². The summed E-state index contributed by atoms with van der Waals surface area (Å²) in [6.07, 6.45) is 43.9. The highest BCUT2D eigenvalue weighted by molar-refractivity contribution is 4.58. The normalized spacial score (nSPS) is 11.7. The summed E-state index contributed by atoms with van der Waals surface area (Å²) >= 11 is 0. The molecule has 0 aliphatic heterocycles. The fourth-order valence-electron chi connectivity index (χ4n) is 5.84. The van der Waals surface area contributed by atoms with Crippen LogP contribution < -0.4 is 0 Å². The summed E-state index contributed by atoms with van der Waals surface area (Å²) in [4.78, 5) is 2.71. The van der Waals surface area contributed by atoms with Crippen molar-refractivity contribution in [1.82, 2.24) is 4.90 Å². The molecule has 0 aromatic carbocycles. The minimum atomic E-state index is 1.25. The van der Waals surface area contributed by atoms with Crippen LogP contribution >= 0.6 is 0 Å². The molecule has 0 radical (unpaired) electrons. The second-order valence-electron chi connectivity index (χ2n) is 12.3. The van der Waals surface area contributed by atoms with E-state index in [1.54, 1.807) is 0 Å². The molecule has 0 aliphatic rings. The zero-order valence-electron chi connectivity index (χ0n) is 26.8. The van der Waals surface area contributed by atoms with E-state index in [4.69, 9.17) is 0 Å². The quantitative estimate of drug-likeness (QED) is 0.0776. The van der Waals surface area contributed by atoms with E-state index < -0.39 is 0 Å². The van der Waals surface area contributed by atoms with Gasteiger partial charge in [-0.2, -0.15) is 0 Å². The summed E-state index contributed by atoms with van der Waals surface area (Å²) < 4.78 is 0. The fraction of sp³-hybridized carbons (Fsp3) is 1.00. The molecule has 0 atom stereocenters. The van der Waals surface area contributed by atoms with Crippen LogP contribution in [-0.4, -0.2) is 24.5 Å². The molecule has 1 heteroatoms. The van der Waals surface area contributed by atoms with Crippen molar-refractivity contribution in [1.29, 1.82) is 0 Å². The zero-order valence-corrected chi connectivity index (χ0v) is 26.8. The van der Waals surface area contributed by atoms with Crippen molar-refractivity contribution >= 4 is 0 Å². The second kappa shape index (κ2) is 34.0. The topological polar surface area (TPSA) is 3.24 Å². The first-order chi connectivity index (χ1) is 18.3. The summed E-state index contributed by atoms with van der Waals surface area (Å²) in [7, 11) is 0. The molecule has 0 N–H and O–H groups in total.